The SMILES string of the molecule is CO/N=C(\Cc1cccc(F)c1)C(=O)O. The molecule has 0 saturated heterocycles. The average Bonchev–Trinajstić information content (AvgIpc) is 2.17. The molecule has 1 aromatic rings. The molecule has 0 aliphatic carbocycles. The maximum Gasteiger partial charge on any atom is 0.354 e. The maximum absolute atomic E-state index is 12.8. The van der Waals surface area contributed by atoms with Gasteiger partial charge in [0.1, 0.15) is 12.9 Å². The summed E-state index contributed by atoms with van der Waals surface area (Å²) < 4.78 is 12.8. The fourth-order valence-corrected chi connectivity index (χ4v) is 1.10. The van der Waals surface area contributed by atoms with E-state index in [2.05, 4.69) is 9.99 Å². The van der Waals surface area contributed by atoms with Gasteiger partial charge in [0.25, 0.3) is 0 Å². The number of hydrogen-bond acceptors (Lipinski definition) is 3. The first-order valence-corrected chi connectivity index (χ1v) is 4.21. The van der Waals surface area contributed by atoms with Crippen molar-refractivity contribution in [3.63, 3.8) is 0 Å². The zero-order valence-corrected chi connectivity index (χ0v) is 8.11. The molecule has 0 amide bonds. The quantitative estimate of drug-likeness (QED) is 0.605. The Hall–Kier alpha value is -1.91. The molecule has 0 fully saturated rings. The van der Waals surface area contributed by atoms with Crippen molar-refractivity contribution in [2.75, 3.05) is 7.11 Å². The van der Waals surface area contributed by atoms with Gasteiger partial charge in [-0.05, 0) is 17.7 Å². The van der Waals surface area contributed by atoms with E-state index >= 15 is 0 Å². The van der Waals surface area contributed by atoms with Crippen molar-refractivity contribution in [3.05, 3.63) is 35.6 Å². The van der Waals surface area contributed by atoms with Crippen LogP contribution in [-0.4, -0.2) is 23.9 Å². The van der Waals surface area contributed by atoms with Crippen LogP contribution in [0.2, 0.25) is 0 Å². The highest BCUT2D eigenvalue weighted by molar-refractivity contribution is 6.35. The summed E-state index contributed by atoms with van der Waals surface area (Å²) in [4.78, 5) is 15.1. The van der Waals surface area contributed by atoms with Crippen molar-refractivity contribution in [3.8, 4) is 0 Å². The summed E-state index contributed by atoms with van der Waals surface area (Å²) in [6.45, 7) is 0. The molecule has 0 heterocycles. The summed E-state index contributed by atoms with van der Waals surface area (Å²) in [6, 6.07) is 5.68. The van der Waals surface area contributed by atoms with Gasteiger partial charge in [-0.2, -0.15) is 0 Å². The molecule has 4 nitrogen and oxygen atoms in total. The molecule has 0 aliphatic heterocycles. The zero-order chi connectivity index (χ0) is 11.3. The summed E-state index contributed by atoms with van der Waals surface area (Å²) in [7, 11) is 1.26. The van der Waals surface area contributed by atoms with Crippen LogP contribution in [0.15, 0.2) is 29.4 Å². The Balaban J connectivity index is 2.84. The maximum atomic E-state index is 12.8. The highest BCUT2D eigenvalue weighted by Gasteiger charge is 2.11. The number of nitrogens with zero attached hydrogens (tertiary/aromatic N) is 1. The lowest BCUT2D eigenvalue weighted by atomic mass is 10.1. The van der Waals surface area contributed by atoms with Gasteiger partial charge in [-0.25, -0.2) is 9.18 Å². The van der Waals surface area contributed by atoms with Gasteiger partial charge in [0.15, 0.2) is 5.71 Å². The summed E-state index contributed by atoms with van der Waals surface area (Å²) in [6.07, 6.45) is 0.0287. The largest absolute Gasteiger partial charge is 0.477 e. The summed E-state index contributed by atoms with van der Waals surface area (Å²) in [5, 5.41) is 12.1. The minimum Gasteiger partial charge on any atom is -0.477 e. The molecule has 5 heteroatoms. The van der Waals surface area contributed by atoms with Gasteiger partial charge in [0.2, 0.25) is 0 Å². The zero-order valence-electron chi connectivity index (χ0n) is 8.11. The molecule has 0 aromatic heterocycles. The highest BCUT2D eigenvalue weighted by Crippen LogP contribution is 2.05. The third kappa shape index (κ3) is 3.38. The van der Waals surface area contributed by atoms with Gasteiger partial charge in [-0.3, -0.25) is 0 Å². The van der Waals surface area contributed by atoms with Gasteiger partial charge in [-0.1, -0.05) is 17.3 Å². The van der Waals surface area contributed by atoms with Gasteiger partial charge >= 0.3 is 5.97 Å². The summed E-state index contributed by atoms with van der Waals surface area (Å²) in [5.41, 5.74) is 0.372. The van der Waals surface area contributed by atoms with Crippen LogP contribution in [0.3, 0.4) is 0 Å². The van der Waals surface area contributed by atoms with Crippen LogP contribution in [0.4, 0.5) is 4.39 Å². The highest BCUT2D eigenvalue weighted by atomic mass is 19.1. The first-order valence-electron chi connectivity index (χ1n) is 4.21. The predicted molar refractivity (Wildman–Crippen MR) is 52.2 cm³/mol. The van der Waals surface area contributed by atoms with Crippen LogP contribution >= 0.6 is 0 Å². The fraction of sp³-hybridized carbons (Fsp3) is 0.200. The smallest absolute Gasteiger partial charge is 0.354 e. The lowest BCUT2D eigenvalue weighted by molar-refractivity contribution is -0.129. The molecule has 0 spiro atoms. The second kappa shape index (κ2) is 5.09. The lowest BCUT2D eigenvalue weighted by Gasteiger charge is -2.01. The van der Waals surface area contributed by atoms with Crippen molar-refractivity contribution in [2.45, 2.75) is 6.42 Å². The van der Waals surface area contributed by atoms with Crippen LogP contribution in [0.25, 0.3) is 0 Å². The standard InChI is InChI=1S/C10H10FNO3/c1-15-12-9(10(13)14)6-7-3-2-4-8(11)5-7/h2-5H,6H2,1H3,(H,13,14)/b12-9+. The monoisotopic (exact) mass is 211 g/mol. The van der Waals surface area contributed by atoms with Gasteiger partial charge < -0.3 is 9.94 Å². The van der Waals surface area contributed by atoms with E-state index in [1.165, 1.54) is 25.3 Å². The normalized spacial score (nSPS) is 11.2. The molecule has 0 unspecified atom stereocenters. The topological polar surface area (TPSA) is 58.9 Å². The van der Waals surface area contributed by atoms with E-state index in [0.29, 0.717) is 5.56 Å². The van der Waals surface area contributed by atoms with Crippen molar-refractivity contribution in [2.24, 2.45) is 5.16 Å². The molecule has 80 valence electrons. The van der Waals surface area contributed by atoms with E-state index in [-0.39, 0.29) is 12.1 Å². The number of halogens is 1. The Labute approximate surface area is 86.0 Å². The molecule has 0 aliphatic rings. The van der Waals surface area contributed by atoms with E-state index in [9.17, 15) is 9.18 Å². The number of rotatable bonds is 4. The van der Waals surface area contributed by atoms with E-state index in [4.69, 9.17) is 5.11 Å². The van der Waals surface area contributed by atoms with Crippen molar-refractivity contribution in [1.29, 1.82) is 0 Å². The van der Waals surface area contributed by atoms with Crippen LogP contribution in [0, 0.1) is 5.82 Å². The third-order valence-corrected chi connectivity index (χ3v) is 1.71. The van der Waals surface area contributed by atoms with Crippen molar-refractivity contribution >= 4 is 11.7 Å². The fourth-order valence-electron chi connectivity index (χ4n) is 1.10. The minimum absolute atomic E-state index is 0.0287. The average molecular weight is 211 g/mol. The molecule has 0 atom stereocenters. The Kier molecular flexibility index (Phi) is 3.79. The van der Waals surface area contributed by atoms with E-state index in [1.54, 1.807) is 6.07 Å². The Morgan fingerprint density at radius 3 is 2.87 bits per heavy atom. The number of aliphatic carboxylic acids is 1. The van der Waals surface area contributed by atoms with Crippen LogP contribution < -0.4 is 0 Å². The molecule has 15 heavy (non-hydrogen) atoms. The molecule has 0 radical (unpaired) electrons. The number of carboxylic acids is 1. The Morgan fingerprint density at radius 1 is 1.60 bits per heavy atom. The number of oxime groups is 1. The first-order chi connectivity index (χ1) is 7.13. The van der Waals surface area contributed by atoms with Crippen molar-refractivity contribution < 1.29 is 19.1 Å². The van der Waals surface area contributed by atoms with Crippen molar-refractivity contribution in [1.82, 2.24) is 0 Å². The Morgan fingerprint density at radius 2 is 2.33 bits per heavy atom. The first kappa shape index (κ1) is 11.2. The summed E-state index contributed by atoms with van der Waals surface area (Å²) >= 11 is 0. The summed E-state index contributed by atoms with van der Waals surface area (Å²) in [5.74, 6) is -1.59. The molecule has 1 aromatic carbocycles. The van der Waals surface area contributed by atoms with E-state index in [0.717, 1.165) is 0 Å². The van der Waals surface area contributed by atoms with Gasteiger partial charge in [0, 0.05) is 6.42 Å². The van der Waals surface area contributed by atoms with Crippen LogP contribution in [0.5, 0.6) is 0 Å². The third-order valence-electron chi connectivity index (χ3n) is 1.71. The Bertz CT molecular complexity index is 390. The van der Waals surface area contributed by atoms with E-state index < -0.39 is 11.8 Å². The van der Waals surface area contributed by atoms with E-state index in [1.807, 2.05) is 0 Å². The number of hydrogen-bond donors (Lipinski definition) is 1. The molecular formula is C10H10FNO3. The predicted octanol–water partition coefficient (Wildman–Crippen LogP) is 1.46. The molecule has 1 N–H and O–H groups in total. The molecular weight excluding hydrogens is 201 g/mol. The van der Waals surface area contributed by atoms with Gasteiger partial charge in [-0.15, -0.1) is 0 Å². The number of carbonyl (C=O) groups is 1. The minimum atomic E-state index is -1.18. The van der Waals surface area contributed by atoms with Crippen LogP contribution in [-0.2, 0) is 16.1 Å². The van der Waals surface area contributed by atoms with Gasteiger partial charge in [0.05, 0.1) is 0 Å². The molecule has 0 saturated carbocycles. The molecule has 0 bridgehead atoms. The second-order valence-electron chi connectivity index (χ2n) is 2.83. The van der Waals surface area contributed by atoms with Crippen LogP contribution in [0.1, 0.15) is 5.56 Å². The second-order valence-corrected chi connectivity index (χ2v) is 2.83. The lowest BCUT2D eigenvalue weighted by Crippen LogP contribution is -2.16. The molecule has 1 rings (SSSR count). The number of benzene rings is 1. The number of carboxylic acid groups (broad SMARTS) is 1.